The molecule has 5 rings (SSSR count). The molecule has 0 spiro atoms. The Morgan fingerprint density at radius 1 is 1.25 bits per heavy atom. The summed E-state index contributed by atoms with van der Waals surface area (Å²) in [6.45, 7) is 15.0. The van der Waals surface area contributed by atoms with E-state index in [1.54, 1.807) is 0 Å². The molecule has 0 radical (unpaired) electrons. The maximum Gasteiger partial charge on any atom is 0.140 e. The van der Waals surface area contributed by atoms with Gasteiger partial charge in [0.05, 0.1) is 17.1 Å². The maximum atomic E-state index is 5.07. The monoisotopic (exact) mass is 427 g/mol. The molecule has 3 aromatic rings. The molecule has 1 N–H and O–H groups in total. The van der Waals surface area contributed by atoms with E-state index in [2.05, 4.69) is 77.4 Å². The first-order valence-electron chi connectivity index (χ1n) is 11.8. The van der Waals surface area contributed by atoms with Gasteiger partial charge in [-0.15, -0.1) is 0 Å². The minimum Gasteiger partial charge on any atom is -0.370 e. The number of rotatable bonds is 5. The molecule has 0 saturated carbocycles. The molecule has 32 heavy (non-hydrogen) atoms. The van der Waals surface area contributed by atoms with E-state index in [0.717, 1.165) is 71.5 Å². The fourth-order valence-corrected chi connectivity index (χ4v) is 5.31. The second kappa shape index (κ2) is 8.55. The van der Waals surface area contributed by atoms with Gasteiger partial charge in [-0.05, 0) is 81.5 Å². The van der Waals surface area contributed by atoms with Crippen molar-refractivity contribution in [3.05, 3.63) is 66.0 Å². The van der Waals surface area contributed by atoms with Crippen LogP contribution in [0.5, 0.6) is 0 Å². The van der Waals surface area contributed by atoms with Gasteiger partial charge in [0, 0.05) is 43.0 Å². The average molecular weight is 428 g/mol. The molecule has 2 atom stereocenters. The van der Waals surface area contributed by atoms with Crippen molar-refractivity contribution < 1.29 is 0 Å². The standard InChI is InChI=1S/C27H33N5/c1-5-32-26(16-23-7-6-12-29-27(23)32)19(3)30-24-15-22(9-8-18(24)2)20(4)31-14-11-21-10-13-28-25(21)17-31/h6-9,12,15-16,21,25,28H,4-5,10-11,13-14,17H2,1-3H3. The van der Waals surface area contributed by atoms with Crippen LogP contribution in [0.15, 0.2) is 54.2 Å². The van der Waals surface area contributed by atoms with Gasteiger partial charge in [-0.1, -0.05) is 18.7 Å². The van der Waals surface area contributed by atoms with Gasteiger partial charge in [0.2, 0.25) is 0 Å². The van der Waals surface area contributed by atoms with Gasteiger partial charge >= 0.3 is 0 Å². The Hall–Kier alpha value is -2.92. The third-order valence-corrected chi connectivity index (χ3v) is 7.23. The smallest absolute Gasteiger partial charge is 0.140 e. The number of nitrogens with zero attached hydrogens (tertiary/aromatic N) is 4. The Bertz CT molecular complexity index is 1190. The molecule has 0 bridgehead atoms. The zero-order valence-electron chi connectivity index (χ0n) is 19.4. The van der Waals surface area contributed by atoms with Crippen LogP contribution in [0.3, 0.4) is 0 Å². The van der Waals surface area contributed by atoms with Crippen LogP contribution in [0.2, 0.25) is 0 Å². The van der Waals surface area contributed by atoms with E-state index in [4.69, 9.17) is 4.99 Å². The minimum absolute atomic E-state index is 0.607. The zero-order valence-corrected chi connectivity index (χ0v) is 19.4. The number of pyridine rings is 1. The van der Waals surface area contributed by atoms with Crippen LogP contribution in [-0.4, -0.2) is 45.8 Å². The summed E-state index contributed by atoms with van der Waals surface area (Å²) >= 11 is 0. The Balaban J connectivity index is 1.44. The molecule has 5 nitrogen and oxygen atoms in total. The summed E-state index contributed by atoms with van der Waals surface area (Å²) in [7, 11) is 0. The molecule has 2 fully saturated rings. The highest BCUT2D eigenvalue weighted by atomic mass is 15.2. The van der Waals surface area contributed by atoms with E-state index in [0.29, 0.717) is 6.04 Å². The summed E-state index contributed by atoms with van der Waals surface area (Å²) in [4.78, 5) is 12.1. The number of likely N-dealkylation sites (tertiary alicyclic amines) is 1. The molecule has 5 heteroatoms. The molecule has 2 saturated heterocycles. The molecular formula is C27H33N5. The van der Waals surface area contributed by atoms with Crippen LogP contribution in [0.25, 0.3) is 16.7 Å². The second-order valence-corrected chi connectivity index (χ2v) is 9.18. The first kappa shape index (κ1) is 21.0. The van der Waals surface area contributed by atoms with Crippen molar-refractivity contribution in [2.75, 3.05) is 19.6 Å². The topological polar surface area (TPSA) is 45.5 Å². The number of nitrogens with one attached hydrogen (secondary N) is 1. The number of hydrogen-bond donors (Lipinski definition) is 1. The summed E-state index contributed by atoms with van der Waals surface area (Å²) in [6, 6.07) is 13.5. The van der Waals surface area contributed by atoms with Gasteiger partial charge in [0.25, 0.3) is 0 Å². The fourth-order valence-electron chi connectivity index (χ4n) is 5.31. The van der Waals surface area contributed by atoms with Gasteiger partial charge in [-0.25, -0.2) is 4.98 Å². The third-order valence-electron chi connectivity index (χ3n) is 7.23. The summed E-state index contributed by atoms with van der Waals surface area (Å²) in [5.41, 5.74) is 7.60. The maximum absolute atomic E-state index is 5.07. The van der Waals surface area contributed by atoms with Crippen molar-refractivity contribution in [1.82, 2.24) is 19.8 Å². The normalized spacial score (nSPS) is 21.2. The molecule has 2 unspecified atom stereocenters. The van der Waals surface area contributed by atoms with E-state index < -0.39 is 0 Å². The molecule has 2 aromatic heterocycles. The lowest BCUT2D eigenvalue weighted by molar-refractivity contribution is 0.231. The highest BCUT2D eigenvalue weighted by Gasteiger charge is 2.33. The SMILES string of the molecule is C=C(c1ccc(C)c(N=C(C)c2cc3cccnc3n2CC)c1)N1CCC2CCNC2C1. The van der Waals surface area contributed by atoms with Gasteiger partial charge in [0.1, 0.15) is 5.65 Å². The predicted octanol–water partition coefficient (Wildman–Crippen LogP) is 5.16. The summed E-state index contributed by atoms with van der Waals surface area (Å²) in [6.07, 6.45) is 4.42. The van der Waals surface area contributed by atoms with Gasteiger partial charge in [-0.2, -0.15) is 0 Å². The average Bonchev–Trinajstić information content (AvgIpc) is 3.43. The fraction of sp³-hybridized carbons (Fsp3) is 0.407. The summed E-state index contributed by atoms with van der Waals surface area (Å²) < 4.78 is 2.24. The number of aromatic nitrogens is 2. The van der Waals surface area contributed by atoms with E-state index in [1.807, 2.05) is 12.3 Å². The number of aliphatic imine (C=N–C) groups is 1. The van der Waals surface area contributed by atoms with Crippen molar-refractivity contribution in [3.63, 3.8) is 0 Å². The van der Waals surface area contributed by atoms with Crippen molar-refractivity contribution in [2.45, 2.75) is 46.2 Å². The Kier molecular flexibility index (Phi) is 5.60. The van der Waals surface area contributed by atoms with Gasteiger partial charge in [0.15, 0.2) is 0 Å². The van der Waals surface area contributed by atoms with Crippen molar-refractivity contribution in [2.24, 2.45) is 10.9 Å². The largest absolute Gasteiger partial charge is 0.370 e. The van der Waals surface area contributed by atoms with Gasteiger partial charge in [-0.3, -0.25) is 4.99 Å². The van der Waals surface area contributed by atoms with Crippen LogP contribution in [0.1, 0.15) is 43.5 Å². The number of aryl methyl sites for hydroxylation is 2. The van der Waals surface area contributed by atoms with Crippen molar-refractivity contribution in [1.29, 1.82) is 0 Å². The Morgan fingerprint density at radius 3 is 2.97 bits per heavy atom. The van der Waals surface area contributed by atoms with Crippen LogP contribution >= 0.6 is 0 Å². The van der Waals surface area contributed by atoms with Crippen LogP contribution in [0.4, 0.5) is 5.69 Å². The van der Waals surface area contributed by atoms with Crippen molar-refractivity contribution in [3.8, 4) is 0 Å². The molecule has 166 valence electrons. The first-order chi connectivity index (χ1) is 15.5. The minimum atomic E-state index is 0.607. The molecule has 4 heterocycles. The van der Waals surface area contributed by atoms with Crippen molar-refractivity contribution >= 4 is 28.1 Å². The predicted molar refractivity (Wildman–Crippen MR) is 134 cm³/mol. The summed E-state index contributed by atoms with van der Waals surface area (Å²) in [5.74, 6) is 0.833. The summed E-state index contributed by atoms with van der Waals surface area (Å²) in [5, 5.41) is 4.82. The Labute approximate surface area is 190 Å². The molecular weight excluding hydrogens is 394 g/mol. The first-order valence-corrected chi connectivity index (χ1v) is 11.8. The highest BCUT2D eigenvalue weighted by molar-refractivity contribution is 6.02. The number of hydrogen-bond acceptors (Lipinski definition) is 4. The van der Waals surface area contributed by atoms with Crippen LogP contribution < -0.4 is 5.32 Å². The molecule has 2 aliphatic rings. The van der Waals surface area contributed by atoms with E-state index in [9.17, 15) is 0 Å². The van der Waals surface area contributed by atoms with Crippen LogP contribution in [0, 0.1) is 12.8 Å². The lowest BCUT2D eigenvalue weighted by Gasteiger charge is -2.37. The lowest BCUT2D eigenvalue weighted by atomic mass is 9.92. The third kappa shape index (κ3) is 3.75. The van der Waals surface area contributed by atoms with E-state index >= 15 is 0 Å². The molecule has 1 aromatic carbocycles. The molecule has 0 aliphatic carbocycles. The number of benzene rings is 1. The molecule has 2 aliphatic heterocycles. The number of piperidine rings is 1. The molecule has 0 amide bonds. The zero-order chi connectivity index (χ0) is 22.2. The van der Waals surface area contributed by atoms with Crippen LogP contribution in [-0.2, 0) is 6.54 Å². The highest BCUT2D eigenvalue weighted by Crippen LogP contribution is 2.32. The quantitative estimate of drug-likeness (QED) is 0.572. The second-order valence-electron chi connectivity index (χ2n) is 9.18. The van der Waals surface area contributed by atoms with E-state index in [-0.39, 0.29) is 0 Å². The lowest BCUT2D eigenvalue weighted by Crippen LogP contribution is -2.45. The van der Waals surface area contributed by atoms with E-state index in [1.165, 1.54) is 18.4 Å². The Morgan fingerprint density at radius 2 is 2.12 bits per heavy atom. The van der Waals surface area contributed by atoms with Gasteiger partial charge < -0.3 is 14.8 Å². The number of fused-ring (bicyclic) bond motifs is 2.